The van der Waals surface area contributed by atoms with Gasteiger partial charge >= 0.3 is 0 Å². The van der Waals surface area contributed by atoms with Crippen LogP contribution in [0.1, 0.15) is 74.7 Å². The lowest BCUT2D eigenvalue weighted by molar-refractivity contribution is -0.136. The van der Waals surface area contributed by atoms with Gasteiger partial charge in [-0.25, -0.2) is 0 Å². The van der Waals surface area contributed by atoms with E-state index in [9.17, 15) is 14.4 Å². The Labute approximate surface area is 183 Å². The zero-order chi connectivity index (χ0) is 22.0. The van der Waals surface area contributed by atoms with Gasteiger partial charge in [0, 0.05) is 24.6 Å². The van der Waals surface area contributed by atoms with Gasteiger partial charge in [0.15, 0.2) is 0 Å². The van der Waals surface area contributed by atoms with Gasteiger partial charge in [0.25, 0.3) is 5.91 Å². The molecule has 0 aromatic heterocycles. The molecule has 0 radical (unpaired) electrons. The van der Waals surface area contributed by atoms with Crippen LogP contribution in [0.5, 0.6) is 5.75 Å². The fourth-order valence-electron chi connectivity index (χ4n) is 4.83. The van der Waals surface area contributed by atoms with E-state index in [0.717, 1.165) is 37.1 Å². The summed E-state index contributed by atoms with van der Waals surface area (Å²) < 4.78 is 6.44. The van der Waals surface area contributed by atoms with Crippen molar-refractivity contribution in [2.45, 2.75) is 83.5 Å². The van der Waals surface area contributed by atoms with Crippen LogP contribution < -0.4 is 15.4 Å². The maximum Gasteiger partial charge on any atom is 0.255 e. The van der Waals surface area contributed by atoms with Crippen molar-refractivity contribution in [2.24, 2.45) is 5.92 Å². The number of nitrogens with one attached hydrogen (secondary N) is 2. The summed E-state index contributed by atoms with van der Waals surface area (Å²) in [5.41, 5.74) is 1.50. The average Bonchev–Trinajstić information content (AvgIpc) is 2.89. The lowest BCUT2D eigenvalue weighted by Crippen LogP contribution is -2.52. The number of nitrogens with zero attached hydrogens (tertiary/aromatic N) is 1. The maximum atomic E-state index is 12.9. The minimum Gasteiger partial charge on any atom is -0.489 e. The van der Waals surface area contributed by atoms with Crippen molar-refractivity contribution < 1.29 is 19.1 Å². The summed E-state index contributed by atoms with van der Waals surface area (Å²) in [4.78, 5) is 38.1. The van der Waals surface area contributed by atoms with Crippen molar-refractivity contribution in [1.82, 2.24) is 15.5 Å². The molecule has 168 valence electrons. The van der Waals surface area contributed by atoms with Crippen LogP contribution in [0, 0.1) is 5.92 Å². The monoisotopic (exact) mass is 427 g/mol. The van der Waals surface area contributed by atoms with Crippen LogP contribution in [0.15, 0.2) is 18.2 Å². The summed E-state index contributed by atoms with van der Waals surface area (Å²) in [6.07, 6.45) is 6.50. The van der Waals surface area contributed by atoms with Crippen molar-refractivity contribution in [1.29, 1.82) is 0 Å². The van der Waals surface area contributed by atoms with Gasteiger partial charge in [-0.3, -0.25) is 19.7 Å². The number of imide groups is 1. The van der Waals surface area contributed by atoms with Crippen LogP contribution in [0.4, 0.5) is 0 Å². The smallest absolute Gasteiger partial charge is 0.255 e. The number of rotatable bonds is 6. The first-order valence-electron chi connectivity index (χ1n) is 11.6. The summed E-state index contributed by atoms with van der Waals surface area (Å²) in [5.74, 6) is 0.562. The Morgan fingerprint density at radius 1 is 1.13 bits per heavy atom. The highest BCUT2D eigenvalue weighted by Gasteiger charge is 2.39. The Morgan fingerprint density at radius 3 is 2.71 bits per heavy atom. The molecule has 7 nitrogen and oxygen atoms in total. The first-order valence-corrected chi connectivity index (χ1v) is 11.6. The van der Waals surface area contributed by atoms with Crippen molar-refractivity contribution in [3.63, 3.8) is 0 Å². The summed E-state index contributed by atoms with van der Waals surface area (Å²) in [5, 5.41) is 6.04. The number of piperidine rings is 1. The summed E-state index contributed by atoms with van der Waals surface area (Å²) >= 11 is 0. The molecule has 7 heteroatoms. The molecule has 1 saturated carbocycles. The normalized spacial score (nSPS) is 26.6. The molecule has 2 aliphatic heterocycles. The number of benzene rings is 1. The van der Waals surface area contributed by atoms with Crippen molar-refractivity contribution >= 4 is 17.7 Å². The van der Waals surface area contributed by atoms with Gasteiger partial charge < -0.3 is 15.0 Å². The third kappa shape index (κ3) is 4.92. The first kappa shape index (κ1) is 21.8. The Bertz CT molecular complexity index is 853. The van der Waals surface area contributed by atoms with Crippen LogP contribution in [0.3, 0.4) is 0 Å². The average molecular weight is 428 g/mol. The molecule has 2 N–H and O–H groups in total. The van der Waals surface area contributed by atoms with Gasteiger partial charge in [0.2, 0.25) is 11.8 Å². The number of hydrogen-bond donors (Lipinski definition) is 2. The van der Waals surface area contributed by atoms with Gasteiger partial charge in [-0.2, -0.15) is 0 Å². The molecular formula is C24H33N3O4. The molecule has 3 atom stereocenters. The molecule has 1 saturated heterocycles. The Balaban J connectivity index is 1.46. The van der Waals surface area contributed by atoms with E-state index in [1.807, 2.05) is 18.2 Å². The van der Waals surface area contributed by atoms with E-state index in [0.29, 0.717) is 30.5 Å². The van der Waals surface area contributed by atoms with E-state index < -0.39 is 6.04 Å². The van der Waals surface area contributed by atoms with Crippen molar-refractivity contribution in [3.8, 4) is 5.75 Å². The second-order valence-electron chi connectivity index (χ2n) is 9.42. The SMILES string of the molecule is CC(C)CNC1CCCCCC1Oc1ccc2c(c1)CN(C1CCC(=O)NC1=O)C2=O. The molecule has 3 aliphatic rings. The van der Waals surface area contributed by atoms with E-state index in [1.165, 1.54) is 12.8 Å². The summed E-state index contributed by atoms with van der Waals surface area (Å²) in [6, 6.07) is 5.37. The van der Waals surface area contributed by atoms with Crippen molar-refractivity contribution in [2.75, 3.05) is 6.54 Å². The number of hydrogen-bond acceptors (Lipinski definition) is 5. The number of amides is 3. The molecule has 31 heavy (non-hydrogen) atoms. The van der Waals surface area contributed by atoms with Crippen LogP contribution >= 0.6 is 0 Å². The molecule has 1 aliphatic carbocycles. The topological polar surface area (TPSA) is 87.7 Å². The number of ether oxygens (including phenoxy) is 1. The molecule has 3 amide bonds. The molecule has 4 rings (SSSR count). The third-order valence-electron chi connectivity index (χ3n) is 6.52. The fourth-order valence-corrected chi connectivity index (χ4v) is 4.83. The van der Waals surface area contributed by atoms with Gasteiger partial charge in [0.1, 0.15) is 17.9 Å². The number of carbonyl (C=O) groups is 3. The van der Waals surface area contributed by atoms with Crippen molar-refractivity contribution in [3.05, 3.63) is 29.3 Å². The van der Waals surface area contributed by atoms with E-state index in [-0.39, 0.29) is 30.2 Å². The van der Waals surface area contributed by atoms with Gasteiger partial charge in [-0.05, 0) is 61.9 Å². The third-order valence-corrected chi connectivity index (χ3v) is 6.52. The number of fused-ring (bicyclic) bond motifs is 1. The molecule has 0 spiro atoms. The predicted octanol–water partition coefficient (Wildman–Crippen LogP) is 2.77. The predicted molar refractivity (Wildman–Crippen MR) is 117 cm³/mol. The van der Waals surface area contributed by atoms with E-state index >= 15 is 0 Å². The van der Waals surface area contributed by atoms with E-state index in [1.54, 1.807) is 4.90 Å². The zero-order valence-electron chi connectivity index (χ0n) is 18.5. The van der Waals surface area contributed by atoms with E-state index in [2.05, 4.69) is 24.5 Å². The van der Waals surface area contributed by atoms with Gasteiger partial charge in [-0.15, -0.1) is 0 Å². The van der Waals surface area contributed by atoms with E-state index in [4.69, 9.17) is 4.74 Å². The minimum atomic E-state index is -0.589. The molecule has 0 bridgehead atoms. The highest BCUT2D eigenvalue weighted by Crippen LogP contribution is 2.31. The Morgan fingerprint density at radius 2 is 1.94 bits per heavy atom. The van der Waals surface area contributed by atoms with Crippen LogP contribution in [-0.2, 0) is 16.1 Å². The largest absolute Gasteiger partial charge is 0.489 e. The molecule has 1 aromatic rings. The maximum absolute atomic E-state index is 12.9. The standard InChI is InChI=1S/C24H33N3O4/c1-15(2)13-25-19-6-4-3-5-7-21(19)31-17-8-9-18-16(12-17)14-27(24(18)30)20-10-11-22(28)26-23(20)29/h8-9,12,15,19-21,25H,3-7,10-11,13-14H2,1-2H3,(H,26,28,29). The minimum absolute atomic E-state index is 0.114. The molecular weight excluding hydrogens is 394 g/mol. The lowest BCUT2D eigenvalue weighted by atomic mass is 10.0. The molecule has 1 aromatic carbocycles. The van der Waals surface area contributed by atoms with Gasteiger partial charge in [-0.1, -0.05) is 26.7 Å². The summed E-state index contributed by atoms with van der Waals surface area (Å²) in [6.45, 7) is 5.78. The second-order valence-corrected chi connectivity index (χ2v) is 9.42. The first-order chi connectivity index (χ1) is 14.9. The summed E-state index contributed by atoms with van der Waals surface area (Å²) in [7, 11) is 0. The zero-order valence-corrected chi connectivity index (χ0v) is 18.5. The fraction of sp³-hybridized carbons (Fsp3) is 0.625. The Hall–Kier alpha value is -2.41. The highest BCUT2D eigenvalue weighted by molar-refractivity contribution is 6.05. The molecule has 3 unspecified atom stereocenters. The lowest BCUT2D eigenvalue weighted by Gasteiger charge is -2.29. The van der Waals surface area contributed by atoms with Crippen LogP contribution in [-0.4, -0.2) is 47.4 Å². The second kappa shape index (κ2) is 9.39. The molecule has 2 heterocycles. The van der Waals surface area contributed by atoms with Gasteiger partial charge in [0.05, 0.1) is 0 Å². The highest BCUT2D eigenvalue weighted by atomic mass is 16.5. The number of carbonyl (C=O) groups excluding carboxylic acids is 3. The molecule has 2 fully saturated rings. The quantitative estimate of drug-likeness (QED) is 0.538. The van der Waals surface area contributed by atoms with Crippen LogP contribution in [0.25, 0.3) is 0 Å². The Kier molecular flexibility index (Phi) is 6.60. The van der Waals surface area contributed by atoms with Crippen LogP contribution in [0.2, 0.25) is 0 Å².